The Kier molecular flexibility index (Phi) is 5.71. The number of hydrogen-bond donors (Lipinski definition) is 1. The summed E-state index contributed by atoms with van der Waals surface area (Å²) >= 11 is 0. The lowest BCUT2D eigenvalue weighted by molar-refractivity contribution is 0.130. The average molecular weight is 337 g/mol. The van der Waals surface area contributed by atoms with Crippen molar-refractivity contribution in [3.8, 4) is 5.75 Å². The van der Waals surface area contributed by atoms with Crippen molar-refractivity contribution in [1.82, 2.24) is 9.91 Å². The molecule has 0 atom stereocenters. The Balaban J connectivity index is 1.57. The molecule has 0 unspecified atom stereocenters. The fourth-order valence-electron chi connectivity index (χ4n) is 3.10. The summed E-state index contributed by atoms with van der Waals surface area (Å²) in [5.41, 5.74) is 4.85. The van der Waals surface area contributed by atoms with Crippen LogP contribution in [0.1, 0.15) is 30.0 Å². The first-order chi connectivity index (χ1) is 12.1. The average Bonchev–Trinajstić information content (AvgIpc) is 2.64. The van der Waals surface area contributed by atoms with E-state index < -0.39 is 0 Å². The van der Waals surface area contributed by atoms with Gasteiger partial charge in [0.15, 0.2) is 0 Å². The van der Waals surface area contributed by atoms with Crippen LogP contribution in [0.4, 0.5) is 0 Å². The molecule has 0 radical (unpaired) electrons. The van der Waals surface area contributed by atoms with Crippen LogP contribution in [-0.4, -0.2) is 46.9 Å². The maximum absolute atomic E-state index is 9.44. The van der Waals surface area contributed by atoms with Crippen LogP contribution in [0, 0.1) is 6.92 Å². The van der Waals surface area contributed by atoms with Gasteiger partial charge >= 0.3 is 0 Å². The van der Waals surface area contributed by atoms with Crippen molar-refractivity contribution in [2.75, 3.05) is 26.2 Å². The van der Waals surface area contributed by atoms with Gasteiger partial charge in [0.2, 0.25) is 0 Å². The number of piperazine rings is 1. The van der Waals surface area contributed by atoms with E-state index in [0.717, 1.165) is 50.4 Å². The maximum Gasteiger partial charge on any atom is 0.115 e. The predicted molar refractivity (Wildman–Crippen MR) is 103 cm³/mol. The second kappa shape index (κ2) is 8.17. The van der Waals surface area contributed by atoms with Gasteiger partial charge in [0.05, 0.1) is 5.71 Å². The molecule has 132 valence electrons. The van der Waals surface area contributed by atoms with Crippen molar-refractivity contribution >= 4 is 5.71 Å². The topological polar surface area (TPSA) is 39.1 Å². The molecule has 1 fully saturated rings. The molecule has 0 bridgehead atoms. The zero-order chi connectivity index (χ0) is 17.6. The molecule has 4 heteroatoms. The number of phenolic OH excluding ortho intramolecular Hbond substituents is 1. The van der Waals surface area contributed by atoms with Gasteiger partial charge in [-0.15, -0.1) is 0 Å². The lowest BCUT2D eigenvalue weighted by Gasteiger charge is -2.33. The number of hydrazone groups is 1. The minimum Gasteiger partial charge on any atom is -0.508 e. The van der Waals surface area contributed by atoms with E-state index >= 15 is 0 Å². The van der Waals surface area contributed by atoms with E-state index in [2.05, 4.69) is 48.0 Å². The Morgan fingerprint density at radius 1 is 0.960 bits per heavy atom. The minimum atomic E-state index is 0.295. The molecule has 4 nitrogen and oxygen atoms in total. The van der Waals surface area contributed by atoms with E-state index in [9.17, 15) is 5.11 Å². The van der Waals surface area contributed by atoms with E-state index in [4.69, 9.17) is 5.10 Å². The van der Waals surface area contributed by atoms with Gasteiger partial charge in [-0.2, -0.15) is 5.10 Å². The number of benzene rings is 2. The highest BCUT2D eigenvalue weighted by molar-refractivity contribution is 6.00. The van der Waals surface area contributed by atoms with Crippen molar-refractivity contribution in [2.24, 2.45) is 5.10 Å². The Morgan fingerprint density at radius 2 is 1.60 bits per heavy atom. The summed E-state index contributed by atoms with van der Waals surface area (Å²) in [5.74, 6) is 0.295. The SMILES string of the molecule is CC/C(=N\N1CCN(Cc2ccc(C)cc2)CC1)c1ccc(O)cc1. The smallest absolute Gasteiger partial charge is 0.115 e. The first-order valence-corrected chi connectivity index (χ1v) is 9.04. The predicted octanol–water partition coefficient (Wildman–Crippen LogP) is 3.63. The van der Waals surface area contributed by atoms with Gasteiger partial charge in [-0.05, 0) is 48.7 Å². The molecule has 1 aliphatic heterocycles. The molecule has 3 rings (SSSR count). The number of phenols is 1. The largest absolute Gasteiger partial charge is 0.508 e. The molecule has 25 heavy (non-hydrogen) atoms. The fourth-order valence-corrected chi connectivity index (χ4v) is 3.10. The Hall–Kier alpha value is -2.33. The molecule has 1 N–H and O–H groups in total. The Morgan fingerprint density at radius 3 is 2.20 bits per heavy atom. The molecule has 1 saturated heterocycles. The van der Waals surface area contributed by atoms with Gasteiger partial charge in [-0.1, -0.05) is 36.8 Å². The van der Waals surface area contributed by atoms with Crippen LogP contribution in [-0.2, 0) is 6.54 Å². The molecule has 0 spiro atoms. The van der Waals surface area contributed by atoms with Gasteiger partial charge in [0.25, 0.3) is 0 Å². The standard InChI is InChI=1S/C21H27N3O/c1-3-21(19-8-10-20(25)11-9-19)22-24-14-12-23(13-15-24)16-18-6-4-17(2)5-7-18/h4-11,25H,3,12-16H2,1-2H3/b22-21+. The molecule has 0 amide bonds. The zero-order valence-electron chi connectivity index (χ0n) is 15.2. The van der Waals surface area contributed by atoms with Crippen LogP contribution in [0.5, 0.6) is 5.75 Å². The third-order valence-corrected chi connectivity index (χ3v) is 4.67. The highest BCUT2D eigenvalue weighted by Crippen LogP contribution is 2.14. The summed E-state index contributed by atoms with van der Waals surface area (Å²) in [5, 5.41) is 16.5. The van der Waals surface area contributed by atoms with E-state index in [0.29, 0.717) is 5.75 Å². The molecule has 0 aromatic heterocycles. The van der Waals surface area contributed by atoms with Crippen molar-refractivity contribution in [3.05, 3.63) is 65.2 Å². The van der Waals surface area contributed by atoms with Crippen LogP contribution in [0.2, 0.25) is 0 Å². The van der Waals surface area contributed by atoms with Crippen LogP contribution in [0.25, 0.3) is 0 Å². The third kappa shape index (κ3) is 4.83. The summed E-state index contributed by atoms with van der Waals surface area (Å²) in [6, 6.07) is 16.1. The minimum absolute atomic E-state index is 0.295. The molecule has 0 aliphatic carbocycles. The van der Waals surface area contributed by atoms with Gasteiger partial charge in [0, 0.05) is 32.7 Å². The molecule has 2 aromatic carbocycles. The molecule has 0 saturated carbocycles. The summed E-state index contributed by atoms with van der Waals surface area (Å²) in [4.78, 5) is 2.49. The summed E-state index contributed by atoms with van der Waals surface area (Å²) in [6.45, 7) is 9.23. The summed E-state index contributed by atoms with van der Waals surface area (Å²) in [6.07, 6.45) is 0.883. The highest BCUT2D eigenvalue weighted by atomic mass is 16.3. The van der Waals surface area contributed by atoms with Gasteiger partial charge in [-0.3, -0.25) is 9.91 Å². The van der Waals surface area contributed by atoms with E-state index in [1.165, 1.54) is 11.1 Å². The normalized spacial score (nSPS) is 16.2. The molecule has 2 aromatic rings. The molecule has 1 aliphatic rings. The number of rotatable bonds is 5. The summed E-state index contributed by atoms with van der Waals surface area (Å²) < 4.78 is 0. The first kappa shape index (κ1) is 17.5. The van der Waals surface area contributed by atoms with Crippen LogP contribution in [0.3, 0.4) is 0 Å². The second-order valence-electron chi connectivity index (χ2n) is 6.66. The number of hydrogen-bond acceptors (Lipinski definition) is 4. The van der Waals surface area contributed by atoms with Crippen molar-refractivity contribution in [3.63, 3.8) is 0 Å². The van der Waals surface area contributed by atoms with Gasteiger partial charge in [-0.25, -0.2) is 0 Å². The van der Waals surface area contributed by atoms with Crippen LogP contribution in [0.15, 0.2) is 53.6 Å². The molecular weight excluding hydrogens is 310 g/mol. The number of aryl methyl sites for hydroxylation is 1. The monoisotopic (exact) mass is 337 g/mol. The van der Waals surface area contributed by atoms with Crippen LogP contribution < -0.4 is 0 Å². The quantitative estimate of drug-likeness (QED) is 0.847. The molecular formula is C21H27N3O. The van der Waals surface area contributed by atoms with Crippen molar-refractivity contribution < 1.29 is 5.11 Å². The van der Waals surface area contributed by atoms with E-state index in [1.807, 2.05) is 12.1 Å². The lowest BCUT2D eigenvalue weighted by atomic mass is 10.1. The maximum atomic E-state index is 9.44. The first-order valence-electron chi connectivity index (χ1n) is 9.04. The summed E-state index contributed by atoms with van der Waals surface area (Å²) in [7, 11) is 0. The van der Waals surface area contributed by atoms with Crippen molar-refractivity contribution in [1.29, 1.82) is 0 Å². The van der Waals surface area contributed by atoms with E-state index in [-0.39, 0.29) is 0 Å². The van der Waals surface area contributed by atoms with E-state index in [1.54, 1.807) is 12.1 Å². The Bertz CT molecular complexity index is 699. The second-order valence-corrected chi connectivity index (χ2v) is 6.66. The number of aromatic hydroxyl groups is 1. The van der Waals surface area contributed by atoms with Gasteiger partial charge in [0.1, 0.15) is 5.75 Å². The van der Waals surface area contributed by atoms with Crippen LogP contribution >= 0.6 is 0 Å². The Labute approximate surface area is 150 Å². The van der Waals surface area contributed by atoms with Crippen molar-refractivity contribution in [2.45, 2.75) is 26.8 Å². The highest BCUT2D eigenvalue weighted by Gasteiger charge is 2.16. The third-order valence-electron chi connectivity index (χ3n) is 4.67. The molecule has 1 heterocycles. The fraction of sp³-hybridized carbons (Fsp3) is 0.381. The zero-order valence-corrected chi connectivity index (χ0v) is 15.2. The number of nitrogens with zero attached hydrogens (tertiary/aromatic N) is 3. The van der Waals surface area contributed by atoms with Gasteiger partial charge < -0.3 is 5.11 Å². The lowest BCUT2D eigenvalue weighted by Crippen LogP contribution is -2.43.